The first-order valence-electron chi connectivity index (χ1n) is 9.02. The molecule has 0 N–H and O–H groups in total. The molecule has 7 heteroatoms. The molecule has 150 valence electrons. The van der Waals surface area contributed by atoms with Crippen LogP contribution in [0.2, 0.25) is 0 Å². The average Bonchev–Trinajstić information content (AvgIpc) is 3.10. The van der Waals surface area contributed by atoms with Crippen LogP contribution in [-0.4, -0.2) is 49.2 Å². The first kappa shape index (κ1) is 22.7. The van der Waals surface area contributed by atoms with E-state index in [0.717, 1.165) is 33.2 Å². The van der Waals surface area contributed by atoms with Crippen molar-refractivity contribution < 1.29 is 4.79 Å². The fourth-order valence-corrected chi connectivity index (χ4v) is 4.23. The maximum absolute atomic E-state index is 13.2. The zero-order valence-corrected chi connectivity index (χ0v) is 19.1. The van der Waals surface area contributed by atoms with Gasteiger partial charge in [-0.15, -0.1) is 24.2 Å². The number of amides is 1. The van der Waals surface area contributed by atoms with E-state index in [2.05, 4.69) is 30.0 Å². The SMILES string of the molecule is CCc1ccc2nc(N(CCN(C)C)C(=O)c3ccc(SC)cc3)sc2c1.Cl. The summed E-state index contributed by atoms with van der Waals surface area (Å²) in [5.74, 6) is -0.000672. The predicted molar refractivity (Wildman–Crippen MR) is 125 cm³/mol. The molecule has 0 unspecified atom stereocenters. The van der Waals surface area contributed by atoms with Crippen LogP contribution in [0.1, 0.15) is 22.8 Å². The zero-order valence-electron chi connectivity index (χ0n) is 16.6. The highest BCUT2D eigenvalue weighted by Crippen LogP contribution is 2.30. The highest BCUT2D eigenvalue weighted by molar-refractivity contribution is 7.98. The Hall–Kier alpha value is -1.60. The van der Waals surface area contributed by atoms with Gasteiger partial charge in [0, 0.05) is 23.5 Å². The van der Waals surface area contributed by atoms with Gasteiger partial charge in [-0.05, 0) is 68.7 Å². The molecule has 28 heavy (non-hydrogen) atoms. The van der Waals surface area contributed by atoms with E-state index in [1.165, 1.54) is 5.56 Å². The van der Waals surface area contributed by atoms with Crippen molar-refractivity contribution >= 4 is 56.8 Å². The van der Waals surface area contributed by atoms with Gasteiger partial charge in [0.2, 0.25) is 0 Å². The number of thioether (sulfide) groups is 1. The first-order valence-corrected chi connectivity index (χ1v) is 11.1. The van der Waals surface area contributed by atoms with Gasteiger partial charge in [0.15, 0.2) is 5.13 Å². The largest absolute Gasteiger partial charge is 0.308 e. The monoisotopic (exact) mass is 435 g/mol. The molecule has 3 rings (SSSR count). The van der Waals surface area contributed by atoms with Gasteiger partial charge in [-0.1, -0.05) is 24.3 Å². The van der Waals surface area contributed by atoms with Gasteiger partial charge >= 0.3 is 0 Å². The number of carbonyl (C=O) groups is 1. The molecule has 0 saturated heterocycles. The maximum Gasteiger partial charge on any atom is 0.260 e. The molecule has 1 amide bonds. The molecule has 0 fully saturated rings. The summed E-state index contributed by atoms with van der Waals surface area (Å²) in [6.45, 7) is 3.54. The highest BCUT2D eigenvalue weighted by Gasteiger charge is 2.21. The fourth-order valence-electron chi connectivity index (χ4n) is 2.77. The minimum absolute atomic E-state index is 0. The Labute approximate surface area is 181 Å². The summed E-state index contributed by atoms with van der Waals surface area (Å²) in [6.07, 6.45) is 3.03. The van der Waals surface area contributed by atoms with Gasteiger partial charge in [-0.3, -0.25) is 9.69 Å². The van der Waals surface area contributed by atoms with E-state index in [-0.39, 0.29) is 18.3 Å². The molecular weight excluding hydrogens is 410 g/mol. The van der Waals surface area contributed by atoms with E-state index in [1.54, 1.807) is 23.1 Å². The second-order valence-electron chi connectivity index (χ2n) is 6.64. The van der Waals surface area contributed by atoms with Gasteiger partial charge in [-0.25, -0.2) is 4.98 Å². The summed E-state index contributed by atoms with van der Waals surface area (Å²) in [5, 5.41) is 0.763. The van der Waals surface area contributed by atoms with Gasteiger partial charge in [0.25, 0.3) is 5.91 Å². The standard InChI is InChI=1S/C21H25N3OS2.ClH/c1-5-15-6-11-18-19(14-15)27-21(22-18)24(13-12-23(2)3)20(25)16-7-9-17(26-4)10-8-16;/h6-11,14H,5,12-13H2,1-4H3;1H. The molecule has 0 spiro atoms. The van der Waals surface area contributed by atoms with Crippen molar-refractivity contribution in [1.29, 1.82) is 0 Å². The molecule has 1 heterocycles. The third-order valence-electron chi connectivity index (χ3n) is 4.43. The van der Waals surface area contributed by atoms with Crippen molar-refractivity contribution in [2.24, 2.45) is 0 Å². The number of fused-ring (bicyclic) bond motifs is 1. The molecule has 0 saturated carbocycles. The van der Waals surface area contributed by atoms with Gasteiger partial charge in [0.05, 0.1) is 10.2 Å². The number of carbonyl (C=O) groups excluding carboxylic acids is 1. The summed E-state index contributed by atoms with van der Waals surface area (Å²) < 4.78 is 1.13. The number of aromatic nitrogens is 1. The van der Waals surface area contributed by atoms with E-state index < -0.39 is 0 Å². The van der Waals surface area contributed by atoms with Crippen molar-refractivity contribution in [2.75, 3.05) is 38.3 Å². The van der Waals surface area contributed by atoms with Crippen LogP contribution < -0.4 is 4.90 Å². The van der Waals surface area contributed by atoms with Gasteiger partial charge in [0.1, 0.15) is 0 Å². The summed E-state index contributed by atoms with van der Waals surface area (Å²) in [5.41, 5.74) is 2.93. The molecule has 2 aromatic carbocycles. The molecule has 1 aromatic heterocycles. The fraction of sp³-hybridized carbons (Fsp3) is 0.333. The van der Waals surface area contributed by atoms with E-state index in [9.17, 15) is 4.79 Å². The quantitative estimate of drug-likeness (QED) is 0.477. The molecule has 0 atom stereocenters. The number of hydrogen-bond donors (Lipinski definition) is 0. The number of anilines is 1. The predicted octanol–water partition coefficient (Wildman–Crippen LogP) is 5.21. The van der Waals surface area contributed by atoms with Crippen LogP contribution in [0.5, 0.6) is 0 Å². The Balaban J connectivity index is 0.00000280. The number of likely N-dealkylation sites (N-methyl/N-ethyl adjacent to an activating group) is 1. The van der Waals surface area contributed by atoms with E-state index >= 15 is 0 Å². The van der Waals surface area contributed by atoms with Crippen LogP contribution in [-0.2, 0) is 6.42 Å². The lowest BCUT2D eigenvalue weighted by Gasteiger charge is -2.22. The number of aryl methyl sites for hydroxylation is 1. The molecule has 3 aromatic rings. The number of benzene rings is 2. The summed E-state index contributed by atoms with van der Waals surface area (Å²) in [6, 6.07) is 14.1. The average molecular weight is 436 g/mol. The Morgan fingerprint density at radius 3 is 2.43 bits per heavy atom. The van der Waals surface area contributed by atoms with Crippen molar-refractivity contribution in [1.82, 2.24) is 9.88 Å². The van der Waals surface area contributed by atoms with Crippen LogP contribution in [0.4, 0.5) is 5.13 Å². The lowest BCUT2D eigenvalue weighted by Crippen LogP contribution is -2.36. The Morgan fingerprint density at radius 2 is 1.82 bits per heavy atom. The van der Waals surface area contributed by atoms with Crippen molar-refractivity contribution in [3.63, 3.8) is 0 Å². The highest BCUT2D eigenvalue weighted by atomic mass is 35.5. The van der Waals surface area contributed by atoms with E-state index in [0.29, 0.717) is 12.1 Å². The molecular formula is C21H26ClN3OS2. The van der Waals surface area contributed by atoms with Gasteiger partial charge in [-0.2, -0.15) is 0 Å². The third kappa shape index (κ3) is 5.26. The van der Waals surface area contributed by atoms with Crippen molar-refractivity contribution in [3.8, 4) is 0 Å². The minimum Gasteiger partial charge on any atom is -0.308 e. The Kier molecular flexibility index (Phi) is 8.31. The minimum atomic E-state index is -0.000672. The number of nitrogens with zero attached hydrogens (tertiary/aromatic N) is 3. The zero-order chi connectivity index (χ0) is 19.4. The van der Waals surface area contributed by atoms with Gasteiger partial charge < -0.3 is 4.90 Å². The van der Waals surface area contributed by atoms with Crippen LogP contribution in [0.25, 0.3) is 10.2 Å². The molecule has 0 aliphatic carbocycles. The molecule has 0 aliphatic heterocycles. The molecule has 0 aliphatic rings. The molecule has 0 bridgehead atoms. The second-order valence-corrected chi connectivity index (χ2v) is 8.53. The van der Waals surface area contributed by atoms with Crippen LogP contribution in [0, 0.1) is 0 Å². The lowest BCUT2D eigenvalue weighted by molar-refractivity contribution is 0.0985. The number of hydrogen-bond acceptors (Lipinski definition) is 5. The number of rotatable bonds is 7. The topological polar surface area (TPSA) is 36.4 Å². The summed E-state index contributed by atoms with van der Waals surface area (Å²) in [4.78, 5) is 23.0. The maximum atomic E-state index is 13.2. The van der Waals surface area contributed by atoms with Crippen LogP contribution in [0.3, 0.4) is 0 Å². The third-order valence-corrected chi connectivity index (χ3v) is 6.22. The summed E-state index contributed by atoms with van der Waals surface area (Å²) in [7, 11) is 4.03. The second kappa shape index (κ2) is 10.3. The van der Waals surface area contributed by atoms with E-state index in [1.807, 2.05) is 49.5 Å². The Morgan fingerprint density at radius 1 is 1.11 bits per heavy atom. The van der Waals surface area contributed by atoms with Crippen LogP contribution in [0.15, 0.2) is 47.4 Å². The molecule has 4 nitrogen and oxygen atoms in total. The first-order chi connectivity index (χ1) is 13.0. The summed E-state index contributed by atoms with van der Waals surface area (Å²) >= 11 is 3.26. The molecule has 0 radical (unpaired) electrons. The van der Waals surface area contributed by atoms with Crippen molar-refractivity contribution in [2.45, 2.75) is 18.2 Å². The van der Waals surface area contributed by atoms with E-state index in [4.69, 9.17) is 4.98 Å². The smallest absolute Gasteiger partial charge is 0.260 e. The number of halogens is 1. The van der Waals surface area contributed by atoms with Crippen molar-refractivity contribution in [3.05, 3.63) is 53.6 Å². The Bertz CT molecular complexity index is 925. The number of thiazole rings is 1. The van der Waals surface area contributed by atoms with Crippen LogP contribution >= 0.6 is 35.5 Å². The normalized spacial score (nSPS) is 10.9. The lowest BCUT2D eigenvalue weighted by atomic mass is 10.2.